The maximum atomic E-state index is 13.0. The Hall–Kier alpha value is -3.78. The fourth-order valence-electron chi connectivity index (χ4n) is 3.94. The lowest BCUT2D eigenvalue weighted by Gasteiger charge is -2.18. The number of hydrogen-bond donors (Lipinski definition) is 0. The summed E-state index contributed by atoms with van der Waals surface area (Å²) in [6.07, 6.45) is 0.810. The third kappa shape index (κ3) is 5.17. The van der Waals surface area contributed by atoms with Crippen LogP contribution in [0, 0.1) is 0 Å². The number of ketones is 1. The molecule has 178 valence electrons. The summed E-state index contributed by atoms with van der Waals surface area (Å²) in [4.78, 5) is 13.0. The molecule has 7 nitrogen and oxygen atoms in total. The summed E-state index contributed by atoms with van der Waals surface area (Å²) in [5, 5.41) is 9.61. The molecule has 0 N–H and O–H groups in total. The lowest BCUT2D eigenvalue weighted by atomic mass is 10.1. The van der Waals surface area contributed by atoms with Gasteiger partial charge in [0.15, 0.2) is 28.3 Å². The second-order valence-corrected chi connectivity index (χ2v) is 8.91. The van der Waals surface area contributed by atoms with Crippen LogP contribution in [0.5, 0.6) is 17.2 Å². The minimum Gasteiger partial charge on any atom is -0.496 e. The highest BCUT2D eigenvalue weighted by Crippen LogP contribution is 2.33. The van der Waals surface area contributed by atoms with Gasteiger partial charge in [0.2, 0.25) is 0 Å². The average Bonchev–Trinajstić information content (AvgIpc) is 3.33. The maximum absolute atomic E-state index is 13.0. The number of aryl methyl sites for hydroxylation is 1. The number of hydrogen-bond acceptors (Lipinski definition) is 7. The van der Waals surface area contributed by atoms with Crippen molar-refractivity contribution < 1.29 is 19.0 Å². The van der Waals surface area contributed by atoms with E-state index in [1.165, 1.54) is 17.3 Å². The Morgan fingerprint density at radius 1 is 0.971 bits per heavy atom. The van der Waals surface area contributed by atoms with Crippen LogP contribution in [-0.4, -0.2) is 46.6 Å². The molecule has 1 aromatic heterocycles. The Bertz CT molecular complexity index is 1320. The van der Waals surface area contributed by atoms with Crippen molar-refractivity contribution in [1.82, 2.24) is 14.8 Å². The fraction of sp³-hybridized carbons (Fsp3) is 0.222. The molecular formula is C27H25N3O4S. The van der Waals surface area contributed by atoms with E-state index in [2.05, 4.69) is 26.9 Å². The highest BCUT2D eigenvalue weighted by atomic mass is 32.2. The third-order valence-electron chi connectivity index (χ3n) is 5.73. The molecule has 0 saturated heterocycles. The summed E-state index contributed by atoms with van der Waals surface area (Å²) in [7, 11) is 1.64. The van der Waals surface area contributed by atoms with Crippen LogP contribution in [0.4, 0.5) is 0 Å². The van der Waals surface area contributed by atoms with Crippen LogP contribution in [-0.2, 0) is 13.0 Å². The highest BCUT2D eigenvalue weighted by Gasteiger charge is 2.20. The van der Waals surface area contributed by atoms with Gasteiger partial charge in [-0.2, -0.15) is 0 Å². The Morgan fingerprint density at radius 2 is 1.74 bits per heavy atom. The maximum Gasteiger partial charge on any atom is 0.191 e. The van der Waals surface area contributed by atoms with E-state index in [-0.39, 0.29) is 11.5 Å². The molecule has 1 aliphatic rings. The molecule has 0 bridgehead atoms. The molecule has 0 radical (unpaired) electrons. The number of carbonyl (C=O) groups is 1. The first-order valence-corrected chi connectivity index (χ1v) is 12.4. The van der Waals surface area contributed by atoms with Gasteiger partial charge in [-0.25, -0.2) is 0 Å². The minimum absolute atomic E-state index is 0.0107. The van der Waals surface area contributed by atoms with E-state index in [9.17, 15) is 4.79 Å². The van der Waals surface area contributed by atoms with Crippen molar-refractivity contribution in [3.05, 3.63) is 83.9 Å². The van der Waals surface area contributed by atoms with E-state index in [1.807, 2.05) is 42.5 Å². The van der Waals surface area contributed by atoms with Crippen molar-refractivity contribution in [2.24, 2.45) is 0 Å². The number of Topliss-reactive ketones (excluding diaryl/α,β-unsaturated/α-hetero) is 1. The Balaban J connectivity index is 1.38. The molecule has 5 rings (SSSR count). The van der Waals surface area contributed by atoms with Crippen LogP contribution in [0.2, 0.25) is 0 Å². The zero-order valence-corrected chi connectivity index (χ0v) is 20.2. The van der Waals surface area contributed by atoms with E-state index < -0.39 is 0 Å². The number of para-hydroxylation sites is 1. The lowest BCUT2D eigenvalue weighted by molar-refractivity contribution is 0.102. The number of nitrogens with zero attached hydrogens (tertiary/aromatic N) is 3. The SMILES string of the molecule is COc1ccccc1-c1nnc(SCC(=O)c2ccc3c(c2)OCCO3)n1CCc1ccccc1. The van der Waals surface area contributed by atoms with Gasteiger partial charge in [0, 0.05) is 12.1 Å². The van der Waals surface area contributed by atoms with E-state index in [0.29, 0.717) is 47.8 Å². The molecule has 1 aliphatic heterocycles. The molecule has 8 heteroatoms. The van der Waals surface area contributed by atoms with Gasteiger partial charge in [-0.05, 0) is 42.3 Å². The molecule has 0 atom stereocenters. The first-order chi connectivity index (χ1) is 17.2. The van der Waals surface area contributed by atoms with Gasteiger partial charge in [0.05, 0.1) is 18.4 Å². The van der Waals surface area contributed by atoms with Crippen LogP contribution >= 0.6 is 11.8 Å². The number of aromatic nitrogens is 3. The Morgan fingerprint density at radius 3 is 2.57 bits per heavy atom. The van der Waals surface area contributed by atoms with E-state index >= 15 is 0 Å². The predicted octanol–water partition coefficient (Wildman–Crippen LogP) is 4.94. The van der Waals surface area contributed by atoms with E-state index in [1.54, 1.807) is 25.3 Å². The molecule has 4 aromatic rings. The van der Waals surface area contributed by atoms with Gasteiger partial charge < -0.3 is 18.8 Å². The molecule has 0 aliphatic carbocycles. The number of fused-ring (bicyclic) bond motifs is 1. The van der Waals surface area contributed by atoms with Crippen LogP contribution in [0.1, 0.15) is 15.9 Å². The van der Waals surface area contributed by atoms with Gasteiger partial charge in [0.1, 0.15) is 19.0 Å². The molecule has 0 spiro atoms. The lowest BCUT2D eigenvalue weighted by Crippen LogP contribution is -2.16. The zero-order chi connectivity index (χ0) is 24.0. The molecular weight excluding hydrogens is 462 g/mol. The smallest absolute Gasteiger partial charge is 0.191 e. The Labute approximate surface area is 208 Å². The van der Waals surface area contributed by atoms with Crippen molar-refractivity contribution in [2.75, 3.05) is 26.1 Å². The number of benzene rings is 3. The predicted molar refractivity (Wildman–Crippen MR) is 135 cm³/mol. The first-order valence-electron chi connectivity index (χ1n) is 11.4. The quantitative estimate of drug-likeness (QED) is 0.244. The van der Waals surface area contributed by atoms with Gasteiger partial charge >= 0.3 is 0 Å². The largest absolute Gasteiger partial charge is 0.496 e. The van der Waals surface area contributed by atoms with Crippen molar-refractivity contribution >= 4 is 17.5 Å². The molecule has 2 heterocycles. The summed E-state index contributed by atoms with van der Waals surface area (Å²) in [6, 6.07) is 23.3. The summed E-state index contributed by atoms with van der Waals surface area (Å²) >= 11 is 1.38. The zero-order valence-electron chi connectivity index (χ0n) is 19.3. The summed E-state index contributed by atoms with van der Waals surface area (Å²) in [5.74, 6) is 2.94. The van der Waals surface area contributed by atoms with Crippen molar-refractivity contribution in [3.8, 4) is 28.6 Å². The second-order valence-electron chi connectivity index (χ2n) is 7.96. The van der Waals surface area contributed by atoms with Crippen molar-refractivity contribution in [1.29, 1.82) is 0 Å². The Kier molecular flexibility index (Phi) is 6.99. The van der Waals surface area contributed by atoms with Crippen molar-refractivity contribution in [2.45, 2.75) is 18.1 Å². The number of methoxy groups -OCH3 is 1. The third-order valence-corrected chi connectivity index (χ3v) is 6.69. The molecule has 35 heavy (non-hydrogen) atoms. The highest BCUT2D eigenvalue weighted by molar-refractivity contribution is 7.99. The van der Waals surface area contributed by atoms with Crippen molar-refractivity contribution in [3.63, 3.8) is 0 Å². The van der Waals surface area contributed by atoms with Gasteiger partial charge in [-0.3, -0.25) is 4.79 Å². The minimum atomic E-state index is -0.0107. The van der Waals surface area contributed by atoms with Crippen LogP contribution < -0.4 is 14.2 Å². The normalized spacial score (nSPS) is 12.4. The molecule has 0 amide bonds. The number of carbonyl (C=O) groups excluding carboxylic acids is 1. The second kappa shape index (κ2) is 10.7. The molecule has 0 fully saturated rings. The first kappa shape index (κ1) is 23.0. The van der Waals surface area contributed by atoms with Gasteiger partial charge in [0.25, 0.3) is 0 Å². The average molecular weight is 488 g/mol. The van der Waals surface area contributed by atoms with E-state index in [4.69, 9.17) is 14.2 Å². The molecule has 0 unspecified atom stereocenters. The molecule has 0 saturated carbocycles. The van der Waals surface area contributed by atoms with Gasteiger partial charge in [-0.15, -0.1) is 10.2 Å². The standard InChI is InChI=1S/C27H25N3O4S/c1-32-23-10-6-5-9-21(23)26-28-29-27(30(26)14-13-19-7-3-2-4-8-19)35-18-22(31)20-11-12-24-25(17-20)34-16-15-33-24/h2-12,17H,13-16,18H2,1H3. The fourth-order valence-corrected chi connectivity index (χ4v) is 4.80. The number of ether oxygens (including phenoxy) is 3. The summed E-state index contributed by atoms with van der Waals surface area (Å²) in [5.41, 5.74) is 2.66. The summed E-state index contributed by atoms with van der Waals surface area (Å²) < 4.78 is 18.8. The van der Waals surface area contributed by atoms with Crippen LogP contribution in [0.25, 0.3) is 11.4 Å². The van der Waals surface area contributed by atoms with Gasteiger partial charge in [-0.1, -0.05) is 54.2 Å². The monoisotopic (exact) mass is 487 g/mol. The topological polar surface area (TPSA) is 75.5 Å². The number of rotatable bonds is 9. The summed E-state index contributed by atoms with van der Waals surface area (Å²) in [6.45, 7) is 1.67. The van der Waals surface area contributed by atoms with E-state index in [0.717, 1.165) is 17.7 Å². The molecule has 3 aromatic carbocycles. The van der Waals surface area contributed by atoms with Crippen LogP contribution in [0.15, 0.2) is 78.0 Å². The number of thioether (sulfide) groups is 1. The van der Waals surface area contributed by atoms with Crippen LogP contribution in [0.3, 0.4) is 0 Å².